The van der Waals surface area contributed by atoms with E-state index in [9.17, 15) is 9.59 Å². The van der Waals surface area contributed by atoms with E-state index in [1.54, 1.807) is 6.92 Å². The molecule has 0 spiro atoms. The lowest BCUT2D eigenvalue weighted by atomic mass is 10.1. The molecule has 0 unspecified atom stereocenters. The Morgan fingerprint density at radius 1 is 0.488 bits per heavy atom. The summed E-state index contributed by atoms with van der Waals surface area (Å²) in [5.41, 5.74) is 0. The summed E-state index contributed by atoms with van der Waals surface area (Å²) in [4.78, 5) is 24.1. The van der Waals surface area contributed by atoms with Gasteiger partial charge < -0.3 is 9.47 Å². The molecular weight excluding hydrogens is 532 g/mol. The minimum atomic E-state index is -0.390. The molecule has 0 aromatic heterocycles. The Labute approximate surface area is 266 Å². The molecule has 1 atom stereocenters. The van der Waals surface area contributed by atoms with E-state index in [0.29, 0.717) is 12.8 Å². The molecule has 0 saturated carbocycles. The van der Waals surface area contributed by atoms with Crippen LogP contribution in [-0.2, 0) is 19.1 Å². The minimum Gasteiger partial charge on any atom is -0.462 e. The van der Waals surface area contributed by atoms with Gasteiger partial charge in [0.05, 0.1) is 0 Å². The molecule has 4 nitrogen and oxygen atoms in total. The van der Waals surface area contributed by atoms with Crippen LogP contribution in [0.5, 0.6) is 0 Å². The highest BCUT2D eigenvalue weighted by atomic mass is 16.6. The second-order valence-corrected chi connectivity index (χ2v) is 11.9. The van der Waals surface area contributed by atoms with Gasteiger partial charge in [-0.05, 0) is 84.0 Å². The van der Waals surface area contributed by atoms with E-state index < -0.39 is 0 Å². The van der Waals surface area contributed by atoms with Crippen molar-refractivity contribution >= 4 is 11.9 Å². The molecule has 0 heterocycles. The van der Waals surface area contributed by atoms with Gasteiger partial charge in [-0.15, -0.1) is 0 Å². The van der Waals surface area contributed by atoms with Crippen LogP contribution in [0.4, 0.5) is 0 Å². The van der Waals surface area contributed by atoms with Crippen molar-refractivity contribution < 1.29 is 19.1 Å². The fraction of sp³-hybridized carbons (Fsp3) is 0.744. The molecule has 0 amide bonds. The molecule has 0 aliphatic carbocycles. The Bertz CT molecular complexity index is 734. The summed E-state index contributed by atoms with van der Waals surface area (Å²) in [6.45, 7) is 6.42. The van der Waals surface area contributed by atoms with Crippen molar-refractivity contribution in [2.75, 3.05) is 6.61 Å². The summed E-state index contributed by atoms with van der Waals surface area (Å²) in [6.07, 6.45) is 44.3. The Hall–Kier alpha value is -2.10. The fourth-order valence-electron chi connectivity index (χ4n) is 4.76. The number of hydrogen-bond donors (Lipinski definition) is 0. The van der Waals surface area contributed by atoms with E-state index in [4.69, 9.17) is 9.47 Å². The Balaban J connectivity index is 3.52. The highest BCUT2D eigenvalue weighted by molar-refractivity contribution is 5.70. The number of hydrogen-bond acceptors (Lipinski definition) is 4. The molecule has 0 aromatic carbocycles. The van der Waals surface area contributed by atoms with Gasteiger partial charge in [-0.3, -0.25) is 9.59 Å². The van der Waals surface area contributed by atoms with Crippen molar-refractivity contribution in [1.29, 1.82) is 0 Å². The van der Waals surface area contributed by atoms with Gasteiger partial charge in [-0.1, -0.05) is 127 Å². The molecule has 0 N–H and O–H groups in total. The first-order valence-corrected chi connectivity index (χ1v) is 18.0. The third-order valence-corrected chi connectivity index (χ3v) is 7.47. The standard InChI is InChI=1S/C39H68O4/c1-4-6-8-10-12-14-16-18-20-22-24-26-28-30-32-34-38(40)42-36-37(3)43-39(41)35-33-31-29-27-25-23-21-19-17-15-13-11-9-7-5-2/h12-15,18-21,37H,4-11,16-17,22-36H2,1-3H3/b14-12-,15-13+,20-18+,21-19+/t37-/m0/s1. The van der Waals surface area contributed by atoms with Crippen molar-refractivity contribution in [3.8, 4) is 0 Å². The van der Waals surface area contributed by atoms with Crippen LogP contribution in [0.25, 0.3) is 0 Å². The maximum absolute atomic E-state index is 12.1. The maximum atomic E-state index is 12.1. The number of carbonyl (C=O) groups is 2. The predicted octanol–water partition coefficient (Wildman–Crippen LogP) is 12.1. The van der Waals surface area contributed by atoms with Crippen molar-refractivity contribution in [2.45, 2.75) is 181 Å². The molecule has 43 heavy (non-hydrogen) atoms. The first-order chi connectivity index (χ1) is 21.1. The lowest BCUT2D eigenvalue weighted by Gasteiger charge is -2.13. The lowest BCUT2D eigenvalue weighted by molar-refractivity contribution is -0.158. The van der Waals surface area contributed by atoms with Gasteiger partial charge >= 0.3 is 11.9 Å². The normalized spacial score (nSPS) is 12.7. The summed E-state index contributed by atoms with van der Waals surface area (Å²) in [5.74, 6) is -0.384. The van der Waals surface area contributed by atoms with E-state index in [2.05, 4.69) is 62.5 Å². The average Bonchev–Trinajstić information content (AvgIpc) is 3.00. The van der Waals surface area contributed by atoms with Crippen LogP contribution in [0.2, 0.25) is 0 Å². The van der Waals surface area contributed by atoms with E-state index in [1.165, 1.54) is 77.0 Å². The Morgan fingerprint density at radius 3 is 1.30 bits per heavy atom. The fourth-order valence-corrected chi connectivity index (χ4v) is 4.76. The number of rotatable bonds is 31. The second-order valence-electron chi connectivity index (χ2n) is 11.9. The van der Waals surface area contributed by atoms with Gasteiger partial charge in [0.15, 0.2) is 0 Å². The van der Waals surface area contributed by atoms with E-state index in [-0.39, 0.29) is 24.6 Å². The average molecular weight is 601 g/mol. The number of carbonyl (C=O) groups excluding carboxylic acids is 2. The number of unbranched alkanes of at least 4 members (excludes halogenated alkanes) is 16. The van der Waals surface area contributed by atoms with E-state index in [0.717, 1.165) is 64.2 Å². The maximum Gasteiger partial charge on any atom is 0.306 e. The molecule has 248 valence electrons. The highest BCUT2D eigenvalue weighted by Gasteiger charge is 2.12. The number of allylic oxidation sites excluding steroid dienone is 8. The lowest BCUT2D eigenvalue weighted by Crippen LogP contribution is -2.22. The van der Waals surface area contributed by atoms with Crippen LogP contribution in [0, 0.1) is 0 Å². The number of esters is 2. The Kier molecular flexibility index (Phi) is 32.7. The molecule has 0 bridgehead atoms. The molecule has 0 aliphatic rings. The van der Waals surface area contributed by atoms with Gasteiger partial charge in [-0.25, -0.2) is 0 Å². The van der Waals surface area contributed by atoms with Gasteiger partial charge in [0, 0.05) is 12.8 Å². The zero-order chi connectivity index (χ0) is 31.5. The predicted molar refractivity (Wildman–Crippen MR) is 185 cm³/mol. The summed E-state index contributed by atoms with van der Waals surface area (Å²) in [5, 5.41) is 0. The van der Waals surface area contributed by atoms with Crippen LogP contribution in [0.15, 0.2) is 48.6 Å². The molecule has 4 heteroatoms. The molecule has 0 rings (SSSR count). The van der Waals surface area contributed by atoms with Crippen LogP contribution < -0.4 is 0 Å². The Morgan fingerprint density at radius 2 is 0.860 bits per heavy atom. The van der Waals surface area contributed by atoms with E-state index >= 15 is 0 Å². The summed E-state index contributed by atoms with van der Waals surface area (Å²) in [7, 11) is 0. The van der Waals surface area contributed by atoms with Crippen molar-refractivity contribution in [3.05, 3.63) is 48.6 Å². The first-order valence-electron chi connectivity index (χ1n) is 18.0. The van der Waals surface area contributed by atoms with Crippen LogP contribution in [0.1, 0.15) is 175 Å². The summed E-state index contributed by atoms with van der Waals surface area (Å²) >= 11 is 0. The topological polar surface area (TPSA) is 52.6 Å². The largest absolute Gasteiger partial charge is 0.462 e. The van der Waals surface area contributed by atoms with Gasteiger partial charge in [0.2, 0.25) is 0 Å². The molecule has 0 aliphatic heterocycles. The SMILES string of the molecule is CCCCC/C=C\C/C=C/CCCCCCCC(=O)OC[C@H](C)OC(=O)CCCCCCC/C=C/C/C=C/CCCCC. The molecular formula is C39H68O4. The minimum absolute atomic E-state index is 0.146. The molecule has 0 saturated heterocycles. The quantitative estimate of drug-likeness (QED) is 0.0451. The van der Waals surface area contributed by atoms with Gasteiger partial charge in [0.1, 0.15) is 12.7 Å². The second kappa shape index (κ2) is 34.4. The molecule has 0 radical (unpaired) electrons. The van der Waals surface area contributed by atoms with Crippen molar-refractivity contribution in [3.63, 3.8) is 0 Å². The summed E-state index contributed by atoms with van der Waals surface area (Å²) in [6, 6.07) is 0. The van der Waals surface area contributed by atoms with Gasteiger partial charge in [0.25, 0.3) is 0 Å². The zero-order valence-electron chi connectivity index (χ0n) is 28.5. The van der Waals surface area contributed by atoms with Gasteiger partial charge in [-0.2, -0.15) is 0 Å². The number of ether oxygens (including phenoxy) is 2. The zero-order valence-corrected chi connectivity index (χ0v) is 28.5. The van der Waals surface area contributed by atoms with E-state index in [1.807, 2.05) is 0 Å². The van der Waals surface area contributed by atoms with Crippen LogP contribution in [-0.4, -0.2) is 24.6 Å². The third-order valence-electron chi connectivity index (χ3n) is 7.47. The third kappa shape index (κ3) is 34.3. The monoisotopic (exact) mass is 601 g/mol. The highest BCUT2D eigenvalue weighted by Crippen LogP contribution is 2.11. The smallest absolute Gasteiger partial charge is 0.306 e. The van der Waals surface area contributed by atoms with Crippen molar-refractivity contribution in [1.82, 2.24) is 0 Å². The molecule has 0 fully saturated rings. The van der Waals surface area contributed by atoms with Crippen molar-refractivity contribution in [2.24, 2.45) is 0 Å². The molecule has 0 aromatic rings. The van der Waals surface area contributed by atoms with Crippen LogP contribution in [0.3, 0.4) is 0 Å². The first kappa shape index (κ1) is 40.9. The van der Waals surface area contributed by atoms with Crippen LogP contribution >= 0.6 is 0 Å². The summed E-state index contributed by atoms with van der Waals surface area (Å²) < 4.78 is 10.7.